The summed E-state index contributed by atoms with van der Waals surface area (Å²) in [5.74, 6) is -0.946. The number of carbonyl (C=O) groups is 1. The Morgan fingerprint density at radius 3 is 2.75 bits per heavy atom. The minimum absolute atomic E-state index is 0.0110. The molecule has 0 aliphatic heterocycles. The van der Waals surface area contributed by atoms with E-state index in [2.05, 4.69) is 15.2 Å². The Balaban J connectivity index is 2.06. The first-order chi connectivity index (χ1) is 9.44. The highest BCUT2D eigenvalue weighted by Gasteiger charge is 2.36. The average molecular weight is 300 g/mol. The number of nitrogens with one attached hydrogen (secondary N) is 1. The second kappa shape index (κ2) is 6.06. The molecule has 1 saturated carbocycles. The summed E-state index contributed by atoms with van der Waals surface area (Å²) in [6.45, 7) is 0.533. The quantitative estimate of drug-likeness (QED) is 0.869. The van der Waals surface area contributed by atoms with E-state index in [0.717, 1.165) is 37.9 Å². The topological polar surface area (TPSA) is 45.2 Å². The molecule has 0 aromatic carbocycles. The summed E-state index contributed by atoms with van der Waals surface area (Å²) < 4.78 is 13.1. The third-order valence-electron chi connectivity index (χ3n) is 4.11. The number of pyridine rings is 1. The van der Waals surface area contributed by atoms with Gasteiger partial charge in [-0.3, -0.25) is 4.79 Å². The van der Waals surface area contributed by atoms with Crippen LogP contribution in [-0.4, -0.2) is 42.0 Å². The number of hydrogen-bond acceptors (Lipinski definition) is 3. The summed E-state index contributed by atoms with van der Waals surface area (Å²) in [7, 11) is 4.04. The highest BCUT2D eigenvalue weighted by atomic mass is 35.5. The molecule has 0 unspecified atom stereocenters. The van der Waals surface area contributed by atoms with Crippen LogP contribution in [0.1, 0.15) is 36.0 Å². The van der Waals surface area contributed by atoms with Gasteiger partial charge in [-0.05, 0) is 33.0 Å². The molecule has 1 aliphatic carbocycles. The molecule has 1 N–H and O–H groups in total. The smallest absolute Gasteiger partial charge is 0.254 e. The highest BCUT2D eigenvalue weighted by Crippen LogP contribution is 2.33. The SMILES string of the molecule is CN(C)C1(CNC(=O)c2cc(F)cnc2Cl)CCCC1. The minimum Gasteiger partial charge on any atom is -0.350 e. The molecule has 0 spiro atoms. The van der Waals surface area contributed by atoms with E-state index in [1.807, 2.05) is 14.1 Å². The molecule has 0 saturated heterocycles. The third-order valence-corrected chi connectivity index (χ3v) is 4.41. The van der Waals surface area contributed by atoms with E-state index in [1.54, 1.807) is 0 Å². The molecule has 0 atom stereocenters. The minimum atomic E-state index is -0.567. The molecule has 4 nitrogen and oxygen atoms in total. The maximum absolute atomic E-state index is 13.1. The molecular weight excluding hydrogens is 281 g/mol. The lowest BCUT2D eigenvalue weighted by atomic mass is 9.96. The maximum Gasteiger partial charge on any atom is 0.254 e. The standard InChI is InChI=1S/C14H19ClFN3O/c1-19(2)14(5-3-4-6-14)9-18-13(20)11-7-10(16)8-17-12(11)15/h7-8H,3-6,9H2,1-2H3,(H,18,20). The summed E-state index contributed by atoms with van der Waals surface area (Å²) in [5, 5.41) is 2.88. The van der Waals surface area contributed by atoms with Gasteiger partial charge in [-0.15, -0.1) is 0 Å². The van der Waals surface area contributed by atoms with E-state index in [1.165, 1.54) is 0 Å². The molecule has 110 valence electrons. The molecule has 1 aliphatic rings. The first-order valence-corrected chi connectivity index (χ1v) is 7.09. The molecule has 1 fully saturated rings. The normalized spacial score (nSPS) is 17.4. The van der Waals surface area contributed by atoms with Gasteiger partial charge in [0.2, 0.25) is 0 Å². The van der Waals surface area contributed by atoms with Crippen molar-refractivity contribution in [3.05, 3.63) is 28.8 Å². The van der Waals surface area contributed by atoms with E-state index in [0.29, 0.717) is 6.54 Å². The fraction of sp³-hybridized carbons (Fsp3) is 0.571. The van der Waals surface area contributed by atoms with Crippen LogP contribution in [0.25, 0.3) is 0 Å². The fourth-order valence-corrected chi connectivity index (χ4v) is 2.93. The molecule has 1 aromatic rings. The van der Waals surface area contributed by atoms with Crippen LogP contribution in [0.3, 0.4) is 0 Å². The van der Waals surface area contributed by atoms with Crippen molar-refractivity contribution in [2.24, 2.45) is 0 Å². The second-order valence-electron chi connectivity index (χ2n) is 5.50. The largest absolute Gasteiger partial charge is 0.350 e. The van der Waals surface area contributed by atoms with Gasteiger partial charge in [-0.2, -0.15) is 0 Å². The van der Waals surface area contributed by atoms with Crippen molar-refractivity contribution >= 4 is 17.5 Å². The van der Waals surface area contributed by atoms with Gasteiger partial charge in [0.1, 0.15) is 11.0 Å². The van der Waals surface area contributed by atoms with Crippen LogP contribution in [0, 0.1) is 5.82 Å². The lowest BCUT2D eigenvalue weighted by Gasteiger charge is -2.36. The van der Waals surface area contributed by atoms with Crippen molar-refractivity contribution in [1.82, 2.24) is 15.2 Å². The maximum atomic E-state index is 13.1. The number of halogens is 2. The predicted molar refractivity (Wildman–Crippen MR) is 76.4 cm³/mol. The Hall–Kier alpha value is -1.20. The van der Waals surface area contributed by atoms with Crippen LogP contribution in [0.15, 0.2) is 12.3 Å². The zero-order valence-corrected chi connectivity index (χ0v) is 12.5. The Kier molecular flexibility index (Phi) is 4.60. The number of amides is 1. The summed E-state index contributed by atoms with van der Waals surface area (Å²) in [5.41, 5.74) is 0.0710. The number of likely N-dealkylation sites (N-methyl/N-ethyl adjacent to an activating group) is 1. The van der Waals surface area contributed by atoms with Crippen molar-refractivity contribution in [2.75, 3.05) is 20.6 Å². The van der Waals surface area contributed by atoms with Crippen LogP contribution < -0.4 is 5.32 Å². The van der Waals surface area contributed by atoms with Crippen molar-refractivity contribution in [1.29, 1.82) is 0 Å². The van der Waals surface area contributed by atoms with Gasteiger partial charge >= 0.3 is 0 Å². The van der Waals surface area contributed by atoms with Crippen molar-refractivity contribution < 1.29 is 9.18 Å². The Bertz CT molecular complexity index is 501. The molecule has 0 bridgehead atoms. The predicted octanol–water partition coefficient (Wildman–Crippen LogP) is 2.48. The molecule has 2 rings (SSSR count). The van der Waals surface area contributed by atoms with Crippen LogP contribution in [-0.2, 0) is 0 Å². The summed E-state index contributed by atoms with van der Waals surface area (Å²) in [4.78, 5) is 17.9. The molecule has 6 heteroatoms. The Morgan fingerprint density at radius 2 is 2.15 bits per heavy atom. The van der Waals surface area contributed by atoms with Crippen molar-refractivity contribution in [2.45, 2.75) is 31.2 Å². The lowest BCUT2D eigenvalue weighted by molar-refractivity contribution is 0.0899. The van der Waals surface area contributed by atoms with Gasteiger partial charge in [0.15, 0.2) is 0 Å². The molecular formula is C14H19ClFN3O. The first kappa shape index (κ1) is 15.2. The van der Waals surface area contributed by atoms with Crippen LogP contribution in [0.4, 0.5) is 4.39 Å². The zero-order valence-electron chi connectivity index (χ0n) is 11.7. The number of carbonyl (C=O) groups excluding carboxylic acids is 1. The fourth-order valence-electron chi connectivity index (χ4n) is 2.74. The van der Waals surface area contributed by atoms with Crippen molar-refractivity contribution in [3.8, 4) is 0 Å². The monoisotopic (exact) mass is 299 g/mol. The van der Waals surface area contributed by atoms with E-state index in [9.17, 15) is 9.18 Å². The number of aromatic nitrogens is 1. The van der Waals surface area contributed by atoms with Crippen LogP contribution in [0.2, 0.25) is 5.15 Å². The van der Waals surface area contributed by atoms with E-state index in [4.69, 9.17) is 11.6 Å². The van der Waals surface area contributed by atoms with Crippen molar-refractivity contribution in [3.63, 3.8) is 0 Å². The van der Waals surface area contributed by atoms with E-state index >= 15 is 0 Å². The van der Waals surface area contributed by atoms with Gasteiger partial charge in [0.25, 0.3) is 5.91 Å². The summed E-state index contributed by atoms with van der Waals surface area (Å²) in [6, 6.07) is 1.11. The Labute approximate surface area is 123 Å². The van der Waals surface area contributed by atoms with E-state index in [-0.39, 0.29) is 22.2 Å². The highest BCUT2D eigenvalue weighted by molar-refractivity contribution is 6.32. The van der Waals surface area contributed by atoms with Gasteiger partial charge in [-0.1, -0.05) is 24.4 Å². The summed E-state index contributed by atoms with van der Waals surface area (Å²) in [6.07, 6.45) is 5.43. The molecule has 20 heavy (non-hydrogen) atoms. The van der Waals surface area contributed by atoms with Gasteiger partial charge in [0, 0.05) is 12.1 Å². The molecule has 0 radical (unpaired) electrons. The van der Waals surface area contributed by atoms with Gasteiger partial charge in [0.05, 0.1) is 11.8 Å². The average Bonchev–Trinajstić information content (AvgIpc) is 2.89. The second-order valence-corrected chi connectivity index (χ2v) is 5.86. The third kappa shape index (κ3) is 3.10. The van der Waals surface area contributed by atoms with Gasteiger partial charge in [-0.25, -0.2) is 9.37 Å². The summed E-state index contributed by atoms with van der Waals surface area (Å²) >= 11 is 5.83. The van der Waals surface area contributed by atoms with E-state index < -0.39 is 5.82 Å². The molecule has 1 aromatic heterocycles. The number of hydrogen-bond donors (Lipinski definition) is 1. The first-order valence-electron chi connectivity index (χ1n) is 6.71. The van der Waals surface area contributed by atoms with Gasteiger partial charge < -0.3 is 10.2 Å². The van der Waals surface area contributed by atoms with Crippen LogP contribution >= 0.6 is 11.6 Å². The zero-order chi connectivity index (χ0) is 14.8. The lowest BCUT2D eigenvalue weighted by Crippen LogP contribution is -2.50. The number of rotatable bonds is 4. The Morgan fingerprint density at radius 1 is 1.50 bits per heavy atom. The van der Waals surface area contributed by atoms with Crippen LogP contribution in [0.5, 0.6) is 0 Å². The molecule has 1 heterocycles. The molecule has 1 amide bonds. The number of nitrogens with zero attached hydrogens (tertiary/aromatic N) is 2.